The third-order valence-electron chi connectivity index (χ3n) is 9.72. The second kappa shape index (κ2) is 9.82. The van der Waals surface area contributed by atoms with Crippen molar-refractivity contribution in [2.24, 2.45) is 0 Å². The summed E-state index contributed by atoms with van der Waals surface area (Å²) in [5.41, 5.74) is 14.4. The molecule has 2 aliphatic carbocycles. The van der Waals surface area contributed by atoms with Crippen LogP contribution in [0.25, 0.3) is 44.2 Å². The standard InChI is InChI=1S/C43H31N/c1-3-12-31(13-4-1)44(32-14-5-2-6-15-32)33-24-22-30(23-25-33)34-16-7-8-17-35(34)36-26-27-39-37-18-9-10-20-40(37)43(28-29-43)41-21-11-19-38(36)42(39)41/h1-27H,28-29H2. The molecule has 0 saturated heterocycles. The lowest BCUT2D eigenvalue weighted by Gasteiger charge is -2.30. The zero-order chi connectivity index (χ0) is 29.1. The molecule has 0 aromatic heterocycles. The van der Waals surface area contributed by atoms with Crippen molar-refractivity contribution in [3.8, 4) is 33.4 Å². The van der Waals surface area contributed by atoms with Gasteiger partial charge in [-0.05, 0) is 105 Å². The number of hydrogen-bond donors (Lipinski definition) is 0. The molecule has 44 heavy (non-hydrogen) atoms. The Morgan fingerprint density at radius 1 is 0.364 bits per heavy atom. The molecular formula is C43H31N. The van der Waals surface area contributed by atoms with Crippen LogP contribution in [-0.4, -0.2) is 0 Å². The molecule has 1 fully saturated rings. The summed E-state index contributed by atoms with van der Waals surface area (Å²) < 4.78 is 0. The minimum absolute atomic E-state index is 0.181. The maximum Gasteiger partial charge on any atom is 0.0462 e. The number of benzene rings is 7. The monoisotopic (exact) mass is 561 g/mol. The number of hydrogen-bond acceptors (Lipinski definition) is 1. The highest BCUT2D eigenvalue weighted by Gasteiger charge is 2.50. The van der Waals surface area contributed by atoms with Crippen LogP contribution in [-0.2, 0) is 5.41 Å². The Morgan fingerprint density at radius 2 is 0.909 bits per heavy atom. The fraction of sp³-hybridized carbons (Fsp3) is 0.0698. The van der Waals surface area contributed by atoms with Gasteiger partial charge in [0.2, 0.25) is 0 Å². The van der Waals surface area contributed by atoms with Gasteiger partial charge in [-0.3, -0.25) is 0 Å². The molecule has 7 aromatic rings. The molecule has 1 saturated carbocycles. The molecule has 9 rings (SSSR count). The first-order valence-corrected chi connectivity index (χ1v) is 15.6. The van der Waals surface area contributed by atoms with Gasteiger partial charge in [-0.25, -0.2) is 0 Å². The molecule has 0 amide bonds. The Bertz CT molecular complexity index is 2120. The molecule has 0 atom stereocenters. The van der Waals surface area contributed by atoms with E-state index >= 15 is 0 Å². The highest BCUT2D eigenvalue weighted by Crippen LogP contribution is 2.61. The average molecular weight is 562 g/mol. The fourth-order valence-corrected chi connectivity index (χ4v) is 7.57. The SMILES string of the molecule is c1ccc(N(c2ccccc2)c2ccc(-c3ccccc3-c3ccc4c5c(cccc35)C3(CC3)c3ccccc3-4)cc2)cc1. The predicted molar refractivity (Wildman–Crippen MR) is 185 cm³/mol. The van der Waals surface area contributed by atoms with Gasteiger partial charge in [0.1, 0.15) is 0 Å². The fourth-order valence-electron chi connectivity index (χ4n) is 7.57. The van der Waals surface area contributed by atoms with E-state index in [1.165, 1.54) is 68.1 Å². The van der Waals surface area contributed by atoms with Crippen LogP contribution in [0.3, 0.4) is 0 Å². The number of anilines is 3. The maximum atomic E-state index is 2.38. The number of para-hydroxylation sites is 2. The van der Waals surface area contributed by atoms with E-state index in [9.17, 15) is 0 Å². The molecule has 208 valence electrons. The quantitative estimate of drug-likeness (QED) is 0.202. The van der Waals surface area contributed by atoms with Gasteiger partial charge in [-0.15, -0.1) is 0 Å². The van der Waals surface area contributed by atoms with Crippen LogP contribution in [0.4, 0.5) is 17.1 Å². The minimum Gasteiger partial charge on any atom is -0.311 e. The van der Waals surface area contributed by atoms with Crippen LogP contribution >= 0.6 is 0 Å². The molecule has 2 aliphatic rings. The van der Waals surface area contributed by atoms with Gasteiger partial charge >= 0.3 is 0 Å². The summed E-state index contributed by atoms with van der Waals surface area (Å²) in [6, 6.07) is 59.9. The van der Waals surface area contributed by atoms with Gasteiger partial charge in [0.15, 0.2) is 0 Å². The highest BCUT2D eigenvalue weighted by molar-refractivity contribution is 6.11. The van der Waals surface area contributed by atoms with Crippen molar-refractivity contribution in [2.75, 3.05) is 4.90 Å². The molecule has 0 N–H and O–H groups in total. The second-order valence-electron chi connectivity index (χ2n) is 12.1. The van der Waals surface area contributed by atoms with Gasteiger partial charge in [0.25, 0.3) is 0 Å². The molecule has 1 nitrogen and oxygen atoms in total. The van der Waals surface area contributed by atoms with Crippen molar-refractivity contribution in [3.63, 3.8) is 0 Å². The molecular weight excluding hydrogens is 530 g/mol. The summed E-state index contributed by atoms with van der Waals surface area (Å²) in [5.74, 6) is 0. The van der Waals surface area contributed by atoms with Gasteiger partial charge in [-0.2, -0.15) is 0 Å². The van der Waals surface area contributed by atoms with Crippen molar-refractivity contribution in [2.45, 2.75) is 18.3 Å². The van der Waals surface area contributed by atoms with Crippen molar-refractivity contribution in [1.82, 2.24) is 0 Å². The van der Waals surface area contributed by atoms with Gasteiger partial charge in [-0.1, -0.05) is 127 Å². The van der Waals surface area contributed by atoms with Crippen LogP contribution in [0.5, 0.6) is 0 Å². The molecule has 0 aliphatic heterocycles. The topological polar surface area (TPSA) is 3.24 Å². The van der Waals surface area contributed by atoms with E-state index in [0.29, 0.717) is 0 Å². The zero-order valence-corrected chi connectivity index (χ0v) is 24.4. The van der Waals surface area contributed by atoms with Crippen molar-refractivity contribution >= 4 is 27.8 Å². The lowest BCUT2D eigenvalue weighted by Crippen LogP contribution is -2.15. The van der Waals surface area contributed by atoms with E-state index in [2.05, 4.69) is 169 Å². The summed E-state index contributed by atoms with van der Waals surface area (Å²) >= 11 is 0. The first-order chi connectivity index (χ1) is 21.8. The first-order valence-electron chi connectivity index (χ1n) is 15.6. The summed E-state index contributed by atoms with van der Waals surface area (Å²) in [6.45, 7) is 0. The van der Waals surface area contributed by atoms with Crippen molar-refractivity contribution in [3.05, 3.63) is 175 Å². The normalized spacial score (nSPS) is 13.9. The molecule has 1 heteroatoms. The van der Waals surface area contributed by atoms with Crippen molar-refractivity contribution in [1.29, 1.82) is 0 Å². The molecule has 0 heterocycles. The number of nitrogens with zero attached hydrogens (tertiary/aromatic N) is 1. The third kappa shape index (κ3) is 3.79. The van der Waals surface area contributed by atoms with Crippen LogP contribution in [0.2, 0.25) is 0 Å². The molecule has 0 radical (unpaired) electrons. The minimum atomic E-state index is 0.181. The molecule has 1 spiro atoms. The van der Waals surface area contributed by atoms with E-state index in [1.807, 2.05) is 0 Å². The van der Waals surface area contributed by atoms with E-state index in [0.717, 1.165) is 17.1 Å². The summed E-state index contributed by atoms with van der Waals surface area (Å²) in [4.78, 5) is 2.31. The molecule has 0 bridgehead atoms. The average Bonchev–Trinajstić information content (AvgIpc) is 3.90. The van der Waals surface area contributed by atoms with Crippen LogP contribution < -0.4 is 4.90 Å². The lowest BCUT2D eigenvalue weighted by atomic mass is 9.73. The van der Waals surface area contributed by atoms with E-state index < -0.39 is 0 Å². The zero-order valence-electron chi connectivity index (χ0n) is 24.4. The Labute approximate surface area is 258 Å². The van der Waals surface area contributed by atoms with Gasteiger partial charge in [0, 0.05) is 22.5 Å². The molecule has 0 unspecified atom stereocenters. The molecule has 7 aromatic carbocycles. The largest absolute Gasteiger partial charge is 0.311 e. The summed E-state index contributed by atoms with van der Waals surface area (Å²) in [6.07, 6.45) is 2.47. The number of rotatable bonds is 5. The van der Waals surface area contributed by atoms with E-state index in [1.54, 1.807) is 0 Å². The Balaban J connectivity index is 1.17. The Hall–Kier alpha value is -5.40. The second-order valence-corrected chi connectivity index (χ2v) is 12.1. The first kappa shape index (κ1) is 25.1. The van der Waals surface area contributed by atoms with Crippen LogP contribution in [0, 0.1) is 0 Å². The third-order valence-corrected chi connectivity index (χ3v) is 9.72. The smallest absolute Gasteiger partial charge is 0.0462 e. The van der Waals surface area contributed by atoms with Crippen molar-refractivity contribution < 1.29 is 0 Å². The Kier molecular flexibility index (Phi) is 5.61. The van der Waals surface area contributed by atoms with E-state index in [4.69, 9.17) is 0 Å². The summed E-state index contributed by atoms with van der Waals surface area (Å²) in [7, 11) is 0. The van der Waals surface area contributed by atoms with E-state index in [-0.39, 0.29) is 5.41 Å². The lowest BCUT2D eigenvalue weighted by molar-refractivity contribution is 0.853. The highest BCUT2D eigenvalue weighted by atomic mass is 15.1. The van der Waals surface area contributed by atoms with Crippen LogP contribution in [0.15, 0.2) is 164 Å². The predicted octanol–water partition coefficient (Wildman–Crippen LogP) is 11.7. The van der Waals surface area contributed by atoms with Gasteiger partial charge in [0.05, 0.1) is 0 Å². The summed E-state index contributed by atoms with van der Waals surface area (Å²) in [5, 5.41) is 2.79. The Morgan fingerprint density at radius 3 is 1.59 bits per heavy atom. The van der Waals surface area contributed by atoms with Crippen LogP contribution in [0.1, 0.15) is 24.0 Å². The number of fused-ring (bicyclic) bond motifs is 4. The van der Waals surface area contributed by atoms with Gasteiger partial charge < -0.3 is 4.90 Å². The maximum absolute atomic E-state index is 2.38.